The first kappa shape index (κ1) is 13.5. The number of nitrogens with zero attached hydrogens (tertiary/aromatic N) is 1. The molecule has 1 saturated heterocycles. The Balaban J connectivity index is 1.96. The highest BCUT2D eigenvalue weighted by Crippen LogP contribution is 2.17. The van der Waals surface area contributed by atoms with Crippen LogP contribution in [-0.4, -0.2) is 32.4 Å². The first-order valence-corrected chi connectivity index (χ1v) is 7.66. The molecule has 2 rings (SSSR count). The van der Waals surface area contributed by atoms with E-state index in [2.05, 4.69) is 37.6 Å². The maximum atomic E-state index is 11.6. The van der Waals surface area contributed by atoms with Gasteiger partial charge < -0.3 is 0 Å². The van der Waals surface area contributed by atoms with E-state index in [-0.39, 0.29) is 0 Å². The van der Waals surface area contributed by atoms with Gasteiger partial charge in [-0.2, -0.15) is 12.7 Å². The SMILES string of the molecule is Cc1ccc(CCNS(=O)(=O)N2CC2)c(C)c1C. The van der Waals surface area contributed by atoms with Gasteiger partial charge >= 0.3 is 0 Å². The van der Waals surface area contributed by atoms with Crippen molar-refractivity contribution in [2.45, 2.75) is 27.2 Å². The second-order valence-electron chi connectivity index (χ2n) is 4.84. The predicted molar refractivity (Wildman–Crippen MR) is 72.9 cm³/mol. The Morgan fingerprint density at radius 2 is 1.83 bits per heavy atom. The standard InChI is InChI=1S/C13H20N2O2S/c1-10-4-5-13(12(3)11(10)2)6-7-14-18(16,17)15-8-9-15/h4-5,14H,6-9H2,1-3H3. The van der Waals surface area contributed by atoms with E-state index < -0.39 is 10.2 Å². The van der Waals surface area contributed by atoms with E-state index in [4.69, 9.17) is 0 Å². The Bertz CT molecular complexity index is 548. The summed E-state index contributed by atoms with van der Waals surface area (Å²) in [5.74, 6) is 0. The van der Waals surface area contributed by atoms with Crippen molar-refractivity contribution in [2.24, 2.45) is 0 Å². The zero-order valence-electron chi connectivity index (χ0n) is 11.2. The average Bonchev–Trinajstić information content (AvgIpc) is 3.13. The summed E-state index contributed by atoms with van der Waals surface area (Å²) in [5.41, 5.74) is 5.05. The zero-order chi connectivity index (χ0) is 13.3. The van der Waals surface area contributed by atoms with Crippen LogP contribution in [-0.2, 0) is 16.6 Å². The van der Waals surface area contributed by atoms with Gasteiger partial charge in [-0.1, -0.05) is 12.1 Å². The molecule has 0 bridgehead atoms. The van der Waals surface area contributed by atoms with Crippen LogP contribution in [0.2, 0.25) is 0 Å². The molecular weight excluding hydrogens is 248 g/mol. The summed E-state index contributed by atoms with van der Waals surface area (Å²) in [5, 5.41) is 0. The summed E-state index contributed by atoms with van der Waals surface area (Å²) >= 11 is 0. The van der Waals surface area contributed by atoms with Gasteiger partial charge in [0.2, 0.25) is 0 Å². The third kappa shape index (κ3) is 2.91. The summed E-state index contributed by atoms with van der Waals surface area (Å²) in [6, 6.07) is 4.18. The molecule has 4 nitrogen and oxygen atoms in total. The van der Waals surface area contributed by atoms with Crippen LogP contribution in [0, 0.1) is 20.8 Å². The van der Waals surface area contributed by atoms with Gasteiger partial charge in [-0.15, -0.1) is 0 Å². The van der Waals surface area contributed by atoms with E-state index in [1.54, 1.807) is 0 Å². The fourth-order valence-electron chi connectivity index (χ4n) is 1.97. The Kier molecular flexibility index (Phi) is 3.75. The molecule has 0 amide bonds. The lowest BCUT2D eigenvalue weighted by atomic mass is 9.97. The molecule has 0 spiro atoms. The first-order valence-electron chi connectivity index (χ1n) is 6.22. The lowest BCUT2D eigenvalue weighted by Gasteiger charge is -2.12. The second kappa shape index (κ2) is 4.99. The summed E-state index contributed by atoms with van der Waals surface area (Å²) in [6.45, 7) is 8.05. The number of aryl methyl sites for hydroxylation is 1. The van der Waals surface area contributed by atoms with Crippen LogP contribution in [0.25, 0.3) is 0 Å². The Morgan fingerprint density at radius 3 is 2.44 bits per heavy atom. The largest absolute Gasteiger partial charge is 0.279 e. The highest BCUT2D eigenvalue weighted by atomic mass is 32.2. The molecule has 1 N–H and O–H groups in total. The maximum Gasteiger partial charge on any atom is 0.279 e. The van der Waals surface area contributed by atoms with Crippen LogP contribution in [0.5, 0.6) is 0 Å². The van der Waals surface area contributed by atoms with Crippen molar-refractivity contribution in [3.8, 4) is 0 Å². The van der Waals surface area contributed by atoms with Crippen LogP contribution < -0.4 is 4.72 Å². The minimum absolute atomic E-state index is 0.460. The lowest BCUT2D eigenvalue weighted by molar-refractivity contribution is 0.547. The van der Waals surface area contributed by atoms with Gasteiger partial charge in [0.1, 0.15) is 0 Å². The number of rotatable bonds is 5. The molecule has 1 aliphatic heterocycles. The van der Waals surface area contributed by atoms with Crippen LogP contribution in [0.3, 0.4) is 0 Å². The van der Waals surface area contributed by atoms with Crippen LogP contribution >= 0.6 is 0 Å². The molecule has 1 aromatic carbocycles. The molecule has 100 valence electrons. The van der Waals surface area contributed by atoms with E-state index >= 15 is 0 Å². The van der Waals surface area contributed by atoms with Gasteiger partial charge in [-0.3, -0.25) is 0 Å². The van der Waals surface area contributed by atoms with E-state index in [0.29, 0.717) is 19.6 Å². The highest BCUT2D eigenvalue weighted by molar-refractivity contribution is 7.87. The molecule has 1 aromatic rings. The number of hydrogen-bond donors (Lipinski definition) is 1. The molecule has 0 radical (unpaired) electrons. The third-order valence-corrected chi connectivity index (χ3v) is 5.21. The summed E-state index contributed by atoms with van der Waals surface area (Å²) in [7, 11) is -3.21. The fraction of sp³-hybridized carbons (Fsp3) is 0.538. The number of hydrogen-bond acceptors (Lipinski definition) is 2. The van der Waals surface area contributed by atoms with Crippen molar-refractivity contribution < 1.29 is 8.42 Å². The lowest BCUT2D eigenvalue weighted by Crippen LogP contribution is -2.31. The van der Waals surface area contributed by atoms with Gasteiger partial charge in [0, 0.05) is 19.6 Å². The van der Waals surface area contributed by atoms with E-state index in [1.807, 2.05) is 0 Å². The van der Waals surface area contributed by atoms with Gasteiger partial charge in [-0.25, -0.2) is 4.72 Å². The van der Waals surface area contributed by atoms with Crippen LogP contribution in [0.4, 0.5) is 0 Å². The minimum atomic E-state index is -3.21. The molecule has 5 heteroatoms. The van der Waals surface area contributed by atoms with Crippen molar-refractivity contribution >= 4 is 10.2 Å². The zero-order valence-corrected chi connectivity index (χ0v) is 12.0. The van der Waals surface area contributed by atoms with Crippen molar-refractivity contribution in [1.29, 1.82) is 0 Å². The molecule has 1 aliphatic rings. The molecule has 0 aliphatic carbocycles. The topological polar surface area (TPSA) is 49.2 Å². The average molecular weight is 268 g/mol. The van der Waals surface area contributed by atoms with E-state index in [1.165, 1.54) is 26.6 Å². The number of nitrogens with one attached hydrogen (secondary N) is 1. The maximum absolute atomic E-state index is 11.6. The van der Waals surface area contributed by atoms with Gasteiger partial charge in [0.05, 0.1) is 0 Å². The van der Waals surface area contributed by atoms with Crippen LogP contribution in [0.15, 0.2) is 12.1 Å². The fourth-order valence-corrected chi connectivity index (χ4v) is 3.08. The summed E-state index contributed by atoms with van der Waals surface area (Å²) < 4.78 is 27.3. The molecule has 0 unspecified atom stereocenters. The van der Waals surface area contributed by atoms with E-state index in [9.17, 15) is 8.42 Å². The van der Waals surface area contributed by atoms with Crippen molar-refractivity contribution in [2.75, 3.05) is 19.6 Å². The Hall–Kier alpha value is -0.910. The first-order chi connectivity index (χ1) is 8.42. The molecule has 0 atom stereocenters. The van der Waals surface area contributed by atoms with Gasteiger partial charge in [0.15, 0.2) is 0 Å². The monoisotopic (exact) mass is 268 g/mol. The molecule has 1 fully saturated rings. The molecule has 18 heavy (non-hydrogen) atoms. The second-order valence-corrected chi connectivity index (χ2v) is 6.60. The molecular formula is C13H20N2O2S. The summed E-state index contributed by atoms with van der Waals surface area (Å²) in [6.07, 6.45) is 0.736. The molecule has 0 saturated carbocycles. The quantitative estimate of drug-likeness (QED) is 0.818. The van der Waals surface area contributed by atoms with E-state index in [0.717, 1.165) is 6.42 Å². The molecule has 0 aromatic heterocycles. The van der Waals surface area contributed by atoms with Crippen molar-refractivity contribution in [1.82, 2.24) is 9.03 Å². The van der Waals surface area contributed by atoms with Gasteiger partial charge in [-0.05, 0) is 49.4 Å². The Labute approximate surface area is 109 Å². The predicted octanol–water partition coefficient (Wildman–Crippen LogP) is 1.30. The third-order valence-electron chi connectivity index (χ3n) is 3.60. The van der Waals surface area contributed by atoms with Crippen LogP contribution in [0.1, 0.15) is 22.3 Å². The number of benzene rings is 1. The summed E-state index contributed by atoms with van der Waals surface area (Å²) in [4.78, 5) is 0. The Morgan fingerprint density at radius 1 is 1.17 bits per heavy atom. The molecule has 1 heterocycles. The highest BCUT2D eigenvalue weighted by Gasteiger charge is 2.30. The normalized spacial score (nSPS) is 15.9. The smallest absolute Gasteiger partial charge is 0.202 e. The van der Waals surface area contributed by atoms with Crippen molar-refractivity contribution in [3.05, 3.63) is 34.4 Å². The van der Waals surface area contributed by atoms with Gasteiger partial charge in [0.25, 0.3) is 10.2 Å². The minimum Gasteiger partial charge on any atom is -0.202 e. The van der Waals surface area contributed by atoms with Crippen molar-refractivity contribution in [3.63, 3.8) is 0 Å².